The Morgan fingerprint density at radius 2 is 1.94 bits per heavy atom. The fraction of sp³-hybridized carbons (Fsp3) is 0.417. The van der Waals surface area contributed by atoms with Crippen LogP contribution in [0.15, 0.2) is 24.3 Å². The van der Waals surface area contributed by atoms with Gasteiger partial charge in [0.1, 0.15) is 5.82 Å². The molecule has 2 nitrogen and oxygen atoms in total. The summed E-state index contributed by atoms with van der Waals surface area (Å²) in [4.78, 5) is 1.21. The van der Waals surface area contributed by atoms with Crippen molar-refractivity contribution < 1.29 is 17.6 Å². The van der Waals surface area contributed by atoms with Crippen LogP contribution < -0.4 is 4.90 Å². The molecule has 0 aromatic heterocycles. The molecule has 0 bridgehead atoms. The molecule has 1 aromatic carbocycles. The number of halogens is 4. The van der Waals surface area contributed by atoms with Gasteiger partial charge in [0.2, 0.25) is 0 Å². The molecule has 1 atom stereocenters. The molecule has 0 amide bonds. The van der Waals surface area contributed by atoms with Gasteiger partial charge in [-0.1, -0.05) is 12.1 Å². The molecule has 0 aliphatic carbocycles. The van der Waals surface area contributed by atoms with E-state index in [2.05, 4.69) is 0 Å². The Hall–Kier alpha value is -1.77. The fourth-order valence-electron chi connectivity index (χ4n) is 1.54. The number of hydrogen-bond acceptors (Lipinski definition) is 2. The number of rotatable bonds is 4. The largest absolute Gasteiger partial charge is 0.406 e. The Kier molecular flexibility index (Phi) is 4.54. The minimum Gasteiger partial charge on any atom is -0.368 e. The van der Waals surface area contributed by atoms with Crippen molar-refractivity contribution in [1.82, 2.24) is 0 Å². The molecule has 0 saturated heterocycles. The highest BCUT2D eigenvalue weighted by atomic mass is 19.4. The van der Waals surface area contributed by atoms with Crippen LogP contribution in [0.3, 0.4) is 0 Å². The molecule has 0 heterocycles. The van der Waals surface area contributed by atoms with Gasteiger partial charge in [-0.15, -0.1) is 0 Å². The number of nitriles is 1. The van der Waals surface area contributed by atoms with Crippen LogP contribution in [0.2, 0.25) is 0 Å². The van der Waals surface area contributed by atoms with Crippen molar-refractivity contribution in [2.75, 3.05) is 18.0 Å². The normalized spacial score (nSPS) is 12.9. The quantitative estimate of drug-likeness (QED) is 0.776. The summed E-state index contributed by atoms with van der Waals surface area (Å²) < 4.78 is 50.9. The number of alkyl halides is 3. The van der Waals surface area contributed by atoms with E-state index in [9.17, 15) is 17.6 Å². The van der Waals surface area contributed by atoms with Crippen LogP contribution in [0.4, 0.5) is 23.2 Å². The summed E-state index contributed by atoms with van der Waals surface area (Å²) in [7, 11) is 0. The molecule has 6 heteroatoms. The van der Waals surface area contributed by atoms with Crippen molar-refractivity contribution in [2.24, 2.45) is 5.92 Å². The first-order valence-electron chi connectivity index (χ1n) is 5.36. The van der Waals surface area contributed by atoms with Gasteiger partial charge >= 0.3 is 6.18 Å². The van der Waals surface area contributed by atoms with E-state index in [1.54, 1.807) is 6.92 Å². The maximum absolute atomic E-state index is 13.5. The first kappa shape index (κ1) is 14.3. The molecule has 1 unspecified atom stereocenters. The van der Waals surface area contributed by atoms with E-state index in [0.29, 0.717) is 0 Å². The van der Waals surface area contributed by atoms with Crippen LogP contribution in [-0.4, -0.2) is 19.3 Å². The number of para-hydroxylation sites is 1. The van der Waals surface area contributed by atoms with Crippen molar-refractivity contribution in [3.8, 4) is 6.07 Å². The summed E-state index contributed by atoms with van der Waals surface area (Å²) in [6, 6.07) is 6.77. The van der Waals surface area contributed by atoms with Gasteiger partial charge in [-0.25, -0.2) is 4.39 Å². The topological polar surface area (TPSA) is 27.0 Å². The third-order valence-corrected chi connectivity index (χ3v) is 2.53. The van der Waals surface area contributed by atoms with E-state index >= 15 is 0 Å². The number of nitrogens with zero attached hydrogens (tertiary/aromatic N) is 2. The van der Waals surface area contributed by atoms with Gasteiger partial charge in [-0.2, -0.15) is 18.4 Å². The number of hydrogen-bond donors (Lipinski definition) is 0. The second-order valence-electron chi connectivity index (χ2n) is 3.71. The lowest BCUT2D eigenvalue weighted by atomic mass is 10.1. The van der Waals surface area contributed by atoms with Gasteiger partial charge < -0.3 is 4.90 Å². The summed E-state index contributed by atoms with van der Waals surface area (Å²) in [5.41, 5.74) is 0.0736. The van der Waals surface area contributed by atoms with Crippen LogP contribution >= 0.6 is 0 Å². The second-order valence-corrected chi connectivity index (χ2v) is 3.71. The lowest BCUT2D eigenvalue weighted by Gasteiger charge is -2.26. The molecule has 1 aromatic rings. The van der Waals surface area contributed by atoms with Crippen molar-refractivity contribution >= 4 is 5.69 Å². The summed E-state index contributed by atoms with van der Waals surface area (Å²) in [5.74, 6) is -2.73. The molecule has 0 saturated carbocycles. The first-order chi connectivity index (χ1) is 8.40. The van der Waals surface area contributed by atoms with Gasteiger partial charge in [0, 0.05) is 13.1 Å². The Morgan fingerprint density at radius 3 is 2.39 bits per heavy atom. The van der Waals surface area contributed by atoms with Crippen LogP contribution in [0.5, 0.6) is 0 Å². The molecule has 18 heavy (non-hydrogen) atoms. The van der Waals surface area contributed by atoms with Crippen molar-refractivity contribution in [2.45, 2.75) is 13.1 Å². The molecule has 0 spiro atoms. The third-order valence-electron chi connectivity index (χ3n) is 2.53. The number of benzene rings is 1. The van der Waals surface area contributed by atoms with E-state index in [0.717, 1.165) is 0 Å². The minimum atomic E-state index is -4.60. The average molecular weight is 260 g/mol. The second kappa shape index (κ2) is 5.71. The van der Waals surface area contributed by atoms with Gasteiger partial charge in [0.25, 0.3) is 0 Å². The van der Waals surface area contributed by atoms with Crippen LogP contribution in [0, 0.1) is 23.1 Å². The lowest BCUT2D eigenvalue weighted by Crippen LogP contribution is -2.36. The molecule has 0 fully saturated rings. The monoisotopic (exact) mass is 260 g/mol. The lowest BCUT2D eigenvalue weighted by molar-refractivity contribution is -0.156. The van der Waals surface area contributed by atoms with Gasteiger partial charge in [0.05, 0.1) is 11.8 Å². The zero-order valence-electron chi connectivity index (χ0n) is 9.71. The first-order valence-corrected chi connectivity index (χ1v) is 5.36. The van der Waals surface area contributed by atoms with E-state index in [1.807, 2.05) is 0 Å². The highest BCUT2D eigenvalue weighted by molar-refractivity contribution is 5.47. The minimum absolute atomic E-state index is 0.0736. The van der Waals surface area contributed by atoms with Crippen molar-refractivity contribution in [3.63, 3.8) is 0 Å². The zero-order valence-corrected chi connectivity index (χ0v) is 9.71. The summed E-state index contributed by atoms with van der Waals surface area (Å²) in [5, 5.41) is 8.53. The van der Waals surface area contributed by atoms with E-state index in [4.69, 9.17) is 5.26 Å². The van der Waals surface area contributed by atoms with E-state index < -0.39 is 24.5 Å². The van der Waals surface area contributed by atoms with Gasteiger partial charge in [-0.3, -0.25) is 0 Å². The summed E-state index contributed by atoms with van der Waals surface area (Å²) in [6.45, 7) is 1.23. The van der Waals surface area contributed by atoms with Crippen molar-refractivity contribution in [3.05, 3.63) is 30.1 Å². The third kappa shape index (κ3) is 3.36. The molecule has 0 radical (unpaired) electrons. The summed E-state index contributed by atoms with van der Waals surface area (Å²) in [6.07, 6.45) is -4.60. The maximum Gasteiger partial charge on any atom is 0.406 e. The van der Waals surface area contributed by atoms with Crippen LogP contribution in [0.1, 0.15) is 6.92 Å². The molecule has 1 rings (SSSR count). The molecular formula is C12H12F4N2. The Balaban J connectivity index is 2.93. The molecular weight excluding hydrogens is 248 g/mol. The molecule has 98 valence electrons. The Labute approximate surface area is 102 Å². The standard InChI is InChI=1S/C12H12F4N2/c1-2-18(8-9(7-17)12(14,15)16)11-6-4-3-5-10(11)13/h3-6,9H,2,8H2,1H3. The molecule has 0 aliphatic heterocycles. The van der Waals surface area contributed by atoms with Crippen LogP contribution in [-0.2, 0) is 0 Å². The van der Waals surface area contributed by atoms with Gasteiger partial charge in [-0.05, 0) is 19.1 Å². The summed E-state index contributed by atoms with van der Waals surface area (Å²) >= 11 is 0. The average Bonchev–Trinajstić information content (AvgIpc) is 2.30. The zero-order chi connectivity index (χ0) is 13.8. The SMILES string of the molecule is CCN(CC(C#N)C(F)(F)F)c1ccccc1F. The highest BCUT2D eigenvalue weighted by Gasteiger charge is 2.41. The van der Waals surface area contributed by atoms with E-state index in [1.165, 1.54) is 35.2 Å². The van der Waals surface area contributed by atoms with Crippen molar-refractivity contribution in [1.29, 1.82) is 5.26 Å². The predicted molar refractivity (Wildman–Crippen MR) is 59.4 cm³/mol. The number of anilines is 1. The highest BCUT2D eigenvalue weighted by Crippen LogP contribution is 2.28. The fourth-order valence-corrected chi connectivity index (χ4v) is 1.54. The smallest absolute Gasteiger partial charge is 0.368 e. The predicted octanol–water partition coefficient (Wildman–Crippen LogP) is 3.35. The Morgan fingerprint density at radius 1 is 1.33 bits per heavy atom. The van der Waals surface area contributed by atoms with E-state index in [-0.39, 0.29) is 12.2 Å². The maximum atomic E-state index is 13.5. The molecule has 0 N–H and O–H groups in total. The Bertz CT molecular complexity index is 436. The molecule has 0 aliphatic rings. The van der Waals surface area contributed by atoms with Crippen LogP contribution in [0.25, 0.3) is 0 Å². The van der Waals surface area contributed by atoms with Gasteiger partial charge in [0.15, 0.2) is 5.92 Å².